The Kier molecular flexibility index (Phi) is 4.34. The number of carbonyl (C=O) groups excluding carboxylic acids is 1. The van der Waals surface area contributed by atoms with Gasteiger partial charge in [-0.25, -0.2) is 4.68 Å². The Morgan fingerprint density at radius 3 is 2.41 bits per heavy atom. The largest absolute Gasteiger partial charge is 0.298 e. The van der Waals surface area contributed by atoms with Crippen LogP contribution in [0.4, 0.5) is 0 Å². The van der Waals surface area contributed by atoms with Crippen molar-refractivity contribution in [3.8, 4) is 16.9 Å². The maximum absolute atomic E-state index is 11.5. The van der Waals surface area contributed by atoms with E-state index < -0.39 is 0 Å². The summed E-state index contributed by atoms with van der Waals surface area (Å²) < 4.78 is 2.22. The van der Waals surface area contributed by atoms with Crippen LogP contribution < -0.4 is 0 Å². The number of rotatable bonds is 3. The van der Waals surface area contributed by atoms with Gasteiger partial charge < -0.3 is 0 Å². The van der Waals surface area contributed by atoms with Crippen LogP contribution in [-0.2, 0) is 0 Å². The number of halogens is 3. The molecule has 0 aliphatic heterocycles. The van der Waals surface area contributed by atoms with Crippen molar-refractivity contribution in [2.75, 3.05) is 0 Å². The second-order valence-electron chi connectivity index (χ2n) is 4.57. The van der Waals surface area contributed by atoms with Crippen molar-refractivity contribution in [3.05, 3.63) is 68.7 Å². The molecule has 0 atom stereocenters. The Hall–Kier alpha value is -1.62. The van der Waals surface area contributed by atoms with Crippen molar-refractivity contribution in [2.45, 2.75) is 0 Å². The number of aldehydes is 1. The van der Waals surface area contributed by atoms with E-state index in [-0.39, 0.29) is 0 Å². The van der Waals surface area contributed by atoms with Crippen molar-refractivity contribution in [3.63, 3.8) is 0 Å². The normalized spacial score (nSPS) is 10.7. The van der Waals surface area contributed by atoms with E-state index in [2.05, 4.69) is 21.0 Å². The van der Waals surface area contributed by atoms with Gasteiger partial charge in [-0.2, -0.15) is 5.10 Å². The van der Waals surface area contributed by atoms with Gasteiger partial charge in [0.2, 0.25) is 0 Å². The van der Waals surface area contributed by atoms with Crippen molar-refractivity contribution in [1.82, 2.24) is 9.78 Å². The lowest BCUT2D eigenvalue weighted by Crippen LogP contribution is -1.96. The summed E-state index contributed by atoms with van der Waals surface area (Å²) in [5.74, 6) is 0. The molecule has 1 heterocycles. The zero-order valence-electron chi connectivity index (χ0n) is 11.1. The standard InChI is InChI=1S/C16H9BrCl2N2O/c17-16-14(9-22)15(10-4-6-11(18)7-5-10)20-21(16)13-3-1-2-12(19)8-13/h1-9H. The molecule has 3 nitrogen and oxygen atoms in total. The molecule has 3 rings (SSSR count). The lowest BCUT2D eigenvalue weighted by Gasteiger charge is -2.03. The molecule has 0 amide bonds. The van der Waals surface area contributed by atoms with Crippen molar-refractivity contribution >= 4 is 45.4 Å². The summed E-state index contributed by atoms with van der Waals surface area (Å²) in [6.45, 7) is 0. The van der Waals surface area contributed by atoms with Gasteiger partial charge in [0.25, 0.3) is 0 Å². The third kappa shape index (κ3) is 2.82. The number of aromatic nitrogens is 2. The highest BCUT2D eigenvalue weighted by Gasteiger charge is 2.18. The van der Waals surface area contributed by atoms with Crippen LogP contribution in [0.1, 0.15) is 10.4 Å². The molecule has 0 bridgehead atoms. The van der Waals surface area contributed by atoms with E-state index in [1.807, 2.05) is 24.3 Å². The van der Waals surface area contributed by atoms with E-state index in [1.54, 1.807) is 28.9 Å². The Bertz CT molecular complexity index is 844. The van der Waals surface area contributed by atoms with E-state index in [9.17, 15) is 4.79 Å². The number of carbonyl (C=O) groups is 1. The van der Waals surface area contributed by atoms with Crippen LogP contribution in [0.3, 0.4) is 0 Å². The summed E-state index contributed by atoms with van der Waals surface area (Å²) in [5, 5.41) is 5.76. The second-order valence-corrected chi connectivity index (χ2v) is 6.19. The monoisotopic (exact) mass is 394 g/mol. The van der Waals surface area contributed by atoms with Gasteiger partial charge in [-0.05, 0) is 46.3 Å². The van der Waals surface area contributed by atoms with E-state index in [1.165, 1.54) is 0 Å². The summed E-state index contributed by atoms with van der Waals surface area (Å²) >= 11 is 15.4. The Morgan fingerprint density at radius 2 is 1.77 bits per heavy atom. The molecule has 0 N–H and O–H groups in total. The van der Waals surface area contributed by atoms with Gasteiger partial charge >= 0.3 is 0 Å². The van der Waals surface area contributed by atoms with Crippen LogP contribution in [-0.4, -0.2) is 16.1 Å². The molecule has 0 saturated carbocycles. The van der Waals surface area contributed by atoms with Crippen LogP contribution in [0.5, 0.6) is 0 Å². The molecule has 0 aliphatic carbocycles. The minimum atomic E-state index is 0.474. The fourth-order valence-electron chi connectivity index (χ4n) is 2.11. The number of benzene rings is 2. The van der Waals surface area contributed by atoms with Crippen molar-refractivity contribution in [2.24, 2.45) is 0 Å². The maximum Gasteiger partial charge on any atom is 0.155 e. The predicted octanol–water partition coefficient (Wildman–Crippen LogP) is 5.42. The van der Waals surface area contributed by atoms with E-state index >= 15 is 0 Å². The summed E-state index contributed by atoms with van der Waals surface area (Å²) in [6, 6.07) is 14.4. The number of nitrogens with zero attached hydrogens (tertiary/aromatic N) is 2. The van der Waals surface area contributed by atoms with E-state index in [4.69, 9.17) is 23.2 Å². The first-order chi connectivity index (χ1) is 10.6. The third-order valence-electron chi connectivity index (χ3n) is 3.15. The molecule has 6 heteroatoms. The second kappa shape index (κ2) is 6.24. The van der Waals surface area contributed by atoms with Crippen molar-refractivity contribution in [1.29, 1.82) is 0 Å². The highest BCUT2D eigenvalue weighted by atomic mass is 79.9. The van der Waals surface area contributed by atoms with Crippen molar-refractivity contribution < 1.29 is 4.79 Å². The minimum Gasteiger partial charge on any atom is -0.298 e. The van der Waals surface area contributed by atoms with Crippen LogP contribution in [0.2, 0.25) is 10.0 Å². The molecule has 0 saturated heterocycles. The lowest BCUT2D eigenvalue weighted by atomic mass is 10.1. The molecule has 0 spiro atoms. The molecule has 2 aromatic carbocycles. The molecule has 0 fully saturated rings. The average Bonchev–Trinajstić information content (AvgIpc) is 2.85. The molecular weight excluding hydrogens is 387 g/mol. The van der Waals surface area contributed by atoms with Gasteiger partial charge in [0, 0.05) is 15.6 Å². The first-order valence-corrected chi connectivity index (χ1v) is 7.90. The molecule has 22 heavy (non-hydrogen) atoms. The van der Waals surface area contributed by atoms with Gasteiger partial charge in [-0.1, -0.05) is 41.4 Å². The van der Waals surface area contributed by atoms with Crippen LogP contribution in [0, 0.1) is 0 Å². The van der Waals surface area contributed by atoms with E-state index in [0.717, 1.165) is 17.5 Å². The SMILES string of the molecule is O=Cc1c(-c2ccc(Cl)cc2)nn(-c2cccc(Cl)c2)c1Br. The smallest absolute Gasteiger partial charge is 0.155 e. The first kappa shape index (κ1) is 15.3. The fourth-order valence-corrected chi connectivity index (χ4v) is 2.99. The molecule has 110 valence electrons. The van der Waals surface area contributed by atoms with Crippen LogP contribution in [0.25, 0.3) is 16.9 Å². The zero-order valence-corrected chi connectivity index (χ0v) is 14.2. The zero-order chi connectivity index (χ0) is 15.7. The van der Waals surface area contributed by atoms with Gasteiger partial charge in [-0.3, -0.25) is 4.79 Å². The summed E-state index contributed by atoms with van der Waals surface area (Å²) in [7, 11) is 0. The molecule has 0 aliphatic rings. The number of hydrogen-bond donors (Lipinski definition) is 0. The molecular formula is C16H9BrCl2N2O. The first-order valence-electron chi connectivity index (χ1n) is 6.35. The predicted molar refractivity (Wildman–Crippen MR) is 92.1 cm³/mol. The maximum atomic E-state index is 11.5. The Balaban J connectivity index is 2.18. The fraction of sp³-hybridized carbons (Fsp3) is 0. The number of hydrogen-bond acceptors (Lipinski definition) is 2. The van der Waals surface area contributed by atoms with E-state index in [0.29, 0.717) is 25.9 Å². The Morgan fingerprint density at radius 1 is 1.05 bits per heavy atom. The minimum absolute atomic E-state index is 0.474. The van der Waals surface area contributed by atoms with Crippen LogP contribution in [0.15, 0.2) is 53.1 Å². The van der Waals surface area contributed by atoms with Crippen LogP contribution >= 0.6 is 39.1 Å². The topological polar surface area (TPSA) is 34.9 Å². The Labute approximate surface area is 145 Å². The average molecular weight is 396 g/mol. The van der Waals surface area contributed by atoms with Gasteiger partial charge in [0.05, 0.1) is 11.3 Å². The summed E-state index contributed by atoms with van der Waals surface area (Å²) in [5.41, 5.74) is 2.64. The molecule has 3 aromatic rings. The van der Waals surface area contributed by atoms with Gasteiger partial charge in [-0.15, -0.1) is 0 Å². The lowest BCUT2D eigenvalue weighted by molar-refractivity contribution is 0.112. The highest BCUT2D eigenvalue weighted by molar-refractivity contribution is 9.10. The van der Waals surface area contributed by atoms with Gasteiger partial charge in [0.1, 0.15) is 10.3 Å². The highest BCUT2D eigenvalue weighted by Crippen LogP contribution is 2.31. The summed E-state index contributed by atoms with van der Waals surface area (Å²) in [4.78, 5) is 11.5. The summed E-state index contributed by atoms with van der Waals surface area (Å²) in [6.07, 6.45) is 0.780. The third-order valence-corrected chi connectivity index (χ3v) is 4.40. The molecule has 1 aromatic heterocycles. The quantitative estimate of drug-likeness (QED) is 0.555. The van der Waals surface area contributed by atoms with Gasteiger partial charge in [0.15, 0.2) is 6.29 Å². The molecule has 0 radical (unpaired) electrons. The molecule has 0 unspecified atom stereocenters.